The lowest BCUT2D eigenvalue weighted by atomic mass is 10.0. The molecule has 0 aliphatic rings. The Morgan fingerprint density at radius 2 is 2.15 bits per heavy atom. The SMILES string of the molecule is Cc1c(C(=O)Nc2nccs2)c(=O)[nH]c2ccccc12. The highest BCUT2D eigenvalue weighted by Crippen LogP contribution is 2.18. The lowest BCUT2D eigenvalue weighted by Gasteiger charge is -2.08. The number of hydrogen-bond acceptors (Lipinski definition) is 4. The standard InChI is InChI=1S/C14H11N3O2S/c1-8-9-4-2-3-5-10(9)16-12(18)11(8)13(19)17-14-15-6-7-20-14/h2-7H,1H3,(H,16,18)(H,15,17,19). The topological polar surface area (TPSA) is 74.8 Å². The van der Waals surface area contributed by atoms with Crippen molar-refractivity contribution >= 4 is 33.3 Å². The lowest BCUT2D eigenvalue weighted by Crippen LogP contribution is -2.24. The third-order valence-corrected chi connectivity index (χ3v) is 3.75. The number of H-pyrrole nitrogens is 1. The number of aryl methyl sites for hydroxylation is 1. The second kappa shape index (κ2) is 4.90. The second-order valence-electron chi connectivity index (χ2n) is 4.29. The van der Waals surface area contributed by atoms with E-state index in [-0.39, 0.29) is 5.56 Å². The maximum absolute atomic E-state index is 12.2. The largest absolute Gasteiger partial charge is 0.321 e. The minimum absolute atomic E-state index is 0.124. The van der Waals surface area contributed by atoms with E-state index >= 15 is 0 Å². The number of aromatic amines is 1. The summed E-state index contributed by atoms with van der Waals surface area (Å²) >= 11 is 1.31. The number of amides is 1. The van der Waals surface area contributed by atoms with Crippen LogP contribution in [0.15, 0.2) is 40.6 Å². The Kier molecular flexibility index (Phi) is 3.08. The Morgan fingerprint density at radius 3 is 2.90 bits per heavy atom. The van der Waals surface area contributed by atoms with E-state index in [1.807, 2.05) is 24.3 Å². The normalized spacial score (nSPS) is 10.7. The fourth-order valence-electron chi connectivity index (χ4n) is 2.13. The van der Waals surface area contributed by atoms with Crippen molar-refractivity contribution in [2.24, 2.45) is 0 Å². The van der Waals surface area contributed by atoms with Gasteiger partial charge in [-0.25, -0.2) is 4.98 Å². The first-order valence-corrected chi connectivity index (χ1v) is 6.87. The van der Waals surface area contributed by atoms with E-state index in [4.69, 9.17) is 0 Å². The number of benzene rings is 1. The Hall–Kier alpha value is -2.47. The number of hydrogen-bond donors (Lipinski definition) is 2. The molecule has 0 unspecified atom stereocenters. The average molecular weight is 285 g/mol. The third kappa shape index (κ3) is 2.10. The molecule has 2 N–H and O–H groups in total. The second-order valence-corrected chi connectivity index (χ2v) is 5.19. The quantitative estimate of drug-likeness (QED) is 0.759. The molecule has 0 radical (unpaired) electrons. The van der Waals surface area contributed by atoms with E-state index in [1.54, 1.807) is 18.5 Å². The molecular weight excluding hydrogens is 274 g/mol. The summed E-state index contributed by atoms with van der Waals surface area (Å²) in [6.07, 6.45) is 1.60. The van der Waals surface area contributed by atoms with Gasteiger partial charge in [0.15, 0.2) is 5.13 Å². The summed E-state index contributed by atoms with van der Waals surface area (Å²) in [6, 6.07) is 7.40. The van der Waals surface area contributed by atoms with Gasteiger partial charge in [-0.2, -0.15) is 0 Å². The number of aromatic nitrogens is 2. The number of rotatable bonds is 2. The smallest absolute Gasteiger partial charge is 0.263 e. The molecule has 0 saturated heterocycles. The highest BCUT2D eigenvalue weighted by Gasteiger charge is 2.17. The van der Waals surface area contributed by atoms with Gasteiger partial charge in [0.1, 0.15) is 5.56 Å². The van der Waals surface area contributed by atoms with E-state index in [0.29, 0.717) is 10.7 Å². The number of pyridine rings is 1. The molecule has 0 aliphatic heterocycles. The number of anilines is 1. The zero-order valence-electron chi connectivity index (χ0n) is 10.6. The van der Waals surface area contributed by atoms with Gasteiger partial charge in [-0.3, -0.25) is 14.9 Å². The molecule has 6 heteroatoms. The number of para-hydroxylation sites is 1. The van der Waals surface area contributed by atoms with Gasteiger partial charge < -0.3 is 4.98 Å². The molecule has 0 aliphatic carbocycles. The van der Waals surface area contributed by atoms with Crippen molar-refractivity contribution in [2.75, 3.05) is 5.32 Å². The van der Waals surface area contributed by atoms with Crippen molar-refractivity contribution in [1.29, 1.82) is 0 Å². The van der Waals surface area contributed by atoms with Crippen LogP contribution in [0.3, 0.4) is 0 Å². The number of fused-ring (bicyclic) bond motifs is 1. The van der Waals surface area contributed by atoms with Crippen molar-refractivity contribution in [1.82, 2.24) is 9.97 Å². The predicted molar refractivity (Wildman–Crippen MR) is 79.4 cm³/mol. The zero-order valence-corrected chi connectivity index (χ0v) is 11.5. The Bertz CT molecular complexity index is 837. The number of thiazole rings is 1. The summed E-state index contributed by atoms with van der Waals surface area (Å²) in [5, 5.41) is 5.72. The third-order valence-electron chi connectivity index (χ3n) is 3.06. The van der Waals surface area contributed by atoms with Crippen molar-refractivity contribution in [3.63, 3.8) is 0 Å². The highest BCUT2D eigenvalue weighted by molar-refractivity contribution is 7.13. The van der Waals surface area contributed by atoms with Crippen molar-refractivity contribution in [2.45, 2.75) is 6.92 Å². The lowest BCUT2D eigenvalue weighted by molar-refractivity contribution is 0.102. The Balaban J connectivity index is 2.11. The number of nitrogens with zero attached hydrogens (tertiary/aromatic N) is 1. The minimum Gasteiger partial charge on any atom is -0.321 e. The highest BCUT2D eigenvalue weighted by atomic mass is 32.1. The minimum atomic E-state index is -0.440. The van der Waals surface area contributed by atoms with E-state index in [1.165, 1.54) is 11.3 Å². The van der Waals surface area contributed by atoms with Crippen LogP contribution in [0.25, 0.3) is 10.9 Å². The number of carbonyl (C=O) groups excluding carboxylic acids is 1. The van der Waals surface area contributed by atoms with Crippen molar-refractivity contribution in [3.8, 4) is 0 Å². The molecule has 100 valence electrons. The van der Waals surface area contributed by atoms with E-state index < -0.39 is 11.5 Å². The van der Waals surface area contributed by atoms with Gasteiger partial charge in [-0.15, -0.1) is 11.3 Å². The number of nitrogens with one attached hydrogen (secondary N) is 2. The van der Waals surface area contributed by atoms with Crippen LogP contribution in [-0.4, -0.2) is 15.9 Å². The molecule has 1 aromatic carbocycles. The van der Waals surface area contributed by atoms with Gasteiger partial charge >= 0.3 is 0 Å². The molecule has 0 fully saturated rings. The summed E-state index contributed by atoms with van der Waals surface area (Å²) in [6.45, 7) is 1.77. The number of carbonyl (C=O) groups is 1. The van der Waals surface area contributed by atoms with Gasteiger partial charge in [0.05, 0.1) is 0 Å². The molecule has 1 amide bonds. The van der Waals surface area contributed by atoms with E-state index in [9.17, 15) is 9.59 Å². The molecular formula is C14H11N3O2S. The molecule has 3 rings (SSSR count). The summed E-state index contributed by atoms with van der Waals surface area (Å²) in [7, 11) is 0. The first-order valence-electron chi connectivity index (χ1n) is 5.99. The molecule has 2 heterocycles. The molecule has 0 atom stereocenters. The van der Waals surface area contributed by atoms with Crippen LogP contribution in [0.1, 0.15) is 15.9 Å². The van der Waals surface area contributed by atoms with Gasteiger partial charge in [0.25, 0.3) is 11.5 Å². The Morgan fingerprint density at radius 1 is 1.35 bits per heavy atom. The van der Waals surface area contributed by atoms with Crippen LogP contribution in [0.4, 0.5) is 5.13 Å². The van der Waals surface area contributed by atoms with Crippen LogP contribution in [-0.2, 0) is 0 Å². The zero-order chi connectivity index (χ0) is 14.1. The first kappa shape index (κ1) is 12.6. The van der Waals surface area contributed by atoms with Gasteiger partial charge in [0.2, 0.25) is 0 Å². The molecule has 0 bridgehead atoms. The summed E-state index contributed by atoms with van der Waals surface area (Å²) in [5.74, 6) is -0.440. The first-order chi connectivity index (χ1) is 9.66. The maximum atomic E-state index is 12.2. The molecule has 5 nitrogen and oxygen atoms in total. The van der Waals surface area contributed by atoms with Crippen LogP contribution in [0, 0.1) is 6.92 Å². The molecule has 0 saturated carbocycles. The molecule has 0 spiro atoms. The summed E-state index contributed by atoms with van der Waals surface area (Å²) < 4.78 is 0. The van der Waals surface area contributed by atoms with Crippen LogP contribution in [0.2, 0.25) is 0 Å². The van der Waals surface area contributed by atoms with Crippen molar-refractivity contribution < 1.29 is 4.79 Å². The van der Waals surface area contributed by atoms with E-state index in [2.05, 4.69) is 15.3 Å². The fourth-order valence-corrected chi connectivity index (χ4v) is 2.65. The van der Waals surface area contributed by atoms with Gasteiger partial charge in [-0.1, -0.05) is 18.2 Å². The van der Waals surface area contributed by atoms with Gasteiger partial charge in [-0.05, 0) is 18.6 Å². The maximum Gasteiger partial charge on any atom is 0.263 e. The molecule has 2 aromatic heterocycles. The summed E-state index contributed by atoms with van der Waals surface area (Å²) in [5.41, 5.74) is 1.12. The van der Waals surface area contributed by atoms with Crippen LogP contribution >= 0.6 is 11.3 Å². The Labute approximate surface area is 118 Å². The summed E-state index contributed by atoms with van der Waals surface area (Å²) in [4.78, 5) is 31.0. The van der Waals surface area contributed by atoms with Crippen LogP contribution in [0.5, 0.6) is 0 Å². The van der Waals surface area contributed by atoms with Crippen LogP contribution < -0.4 is 10.9 Å². The average Bonchev–Trinajstić information content (AvgIpc) is 2.91. The van der Waals surface area contributed by atoms with Crippen molar-refractivity contribution in [3.05, 3.63) is 57.3 Å². The van der Waals surface area contributed by atoms with E-state index in [0.717, 1.165) is 10.9 Å². The predicted octanol–water partition coefficient (Wildman–Crippen LogP) is 2.55. The molecule has 20 heavy (non-hydrogen) atoms. The monoisotopic (exact) mass is 285 g/mol. The van der Waals surface area contributed by atoms with Gasteiger partial charge in [0, 0.05) is 22.5 Å². The molecule has 3 aromatic rings. The fraction of sp³-hybridized carbons (Fsp3) is 0.0714.